The van der Waals surface area contributed by atoms with Crippen molar-refractivity contribution >= 4 is 23.2 Å². The minimum Gasteiger partial charge on any atom is -0.378 e. The van der Waals surface area contributed by atoms with Crippen molar-refractivity contribution in [2.45, 2.75) is 19.9 Å². The Morgan fingerprint density at radius 1 is 1.18 bits per heavy atom. The normalized spacial score (nSPS) is 14.8. The van der Waals surface area contributed by atoms with E-state index >= 15 is 0 Å². The molecule has 1 aliphatic rings. The number of aromatic nitrogens is 1. The zero-order valence-corrected chi connectivity index (χ0v) is 17.1. The molecule has 0 radical (unpaired) electrons. The van der Waals surface area contributed by atoms with Gasteiger partial charge in [0.2, 0.25) is 0 Å². The molecule has 1 fully saturated rings. The van der Waals surface area contributed by atoms with Crippen molar-refractivity contribution in [1.82, 2.24) is 15.6 Å². The molecule has 0 aliphatic carbocycles. The number of pyridine rings is 1. The van der Waals surface area contributed by atoms with E-state index in [4.69, 9.17) is 21.3 Å². The van der Waals surface area contributed by atoms with Crippen LogP contribution in [-0.2, 0) is 17.7 Å². The fraction of sp³-hybridized carbons (Fsp3) is 0.429. The number of morpholine rings is 1. The Hall–Kier alpha value is -2.31. The Kier molecular flexibility index (Phi) is 7.94. The lowest BCUT2D eigenvalue weighted by molar-refractivity contribution is 0.122. The van der Waals surface area contributed by atoms with Gasteiger partial charge in [-0.3, -0.25) is 0 Å². The van der Waals surface area contributed by atoms with E-state index in [0.717, 1.165) is 57.3 Å². The molecule has 0 unspecified atom stereocenters. The minimum absolute atomic E-state index is 0.519. The molecule has 0 saturated carbocycles. The van der Waals surface area contributed by atoms with Gasteiger partial charge in [-0.05, 0) is 36.6 Å². The molecule has 0 amide bonds. The molecule has 0 atom stereocenters. The van der Waals surface area contributed by atoms with Crippen LogP contribution in [0.25, 0.3) is 0 Å². The summed E-state index contributed by atoms with van der Waals surface area (Å²) < 4.78 is 5.48. The number of para-hydroxylation sites is 1. The second kappa shape index (κ2) is 10.9. The average molecular weight is 402 g/mol. The zero-order chi connectivity index (χ0) is 19.6. The van der Waals surface area contributed by atoms with Crippen molar-refractivity contribution in [3.05, 3.63) is 58.9 Å². The molecule has 1 aromatic heterocycles. The lowest BCUT2D eigenvalue weighted by Gasteiger charge is -2.30. The van der Waals surface area contributed by atoms with Gasteiger partial charge in [-0.2, -0.15) is 0 Å². The Balaban J connectivity index is 1.60. The van der Waals surface area contributed by atoms with Crippen LogP contribution < -0.4 is 15.5 Å². The van der Waals surface area contributed by atoms with Crippen LogP contribution in [0, 0.1) is 0 Å². The quantitative estimate of drug-likeness (QED) is 0.424. The van der Waals surface area contributed by atoms with E-state index in [9.17, 15) is 0 Å². The molecule has 0 bridgehead atoms. The van der Waals surface area contributed by atoms with Gasteiger partial charge in [-0.1, -0.05) is 35.9 Å². The van der Waals surface area contributed by atoms with E-state index in [1.807, 2.05) is 18.3 Å². The molecule has 1 aliphatic heterocycles. The monoisotopic (exact) mass is 401 g/mol. The third-order valence-corrected chi connectivity index (χ3v) is 4.81. The molecule has 0 spiro atoms. The second-order valence-corrected chi connectivity index (χ2v) is 6.98. The van der Waals surface area contributed by atoms with Gasteiger partial charge in [-0.25, -0.2) is 9.98 Å². The summed E-state index contributed by atoms with van der Waals surface area (Å²) in [4.78, 5) is 11.3. The summed E-state index contributed by atoms with van der Waals surface area (Å²) in [7, 11) is 0. The highest BCUT2D eigenvalue weighted by Crippen LogP contribution is 2.22. The number of nitrogens with one attached hydrogen (secondary N) is 2. The van der Waals surface area contributed by atoms with Crippen LogP contribution in [0.4, 0.5) is 5.69 Å². The van der Waals surface area contributed by atoms with Crippen LogP contribution in [0.15, 0.2) is 47.6 Å². The highest BCUT2D eigenvalue weighted by atomic mass is 35.5. The van der Waals surface area contributed by atoms with Gasteiger partial charge in [0, 0.05) is 38.1 Å². The molecule has 1 saturated heterocycles. The molecule has 2 aromatic rings. The number of hydrogen-bond acceptors (Lipinski definition) is 4. The van der Waals surface area contributed by atoms with Gasteiger partial charge in [0.1, 0.15) is 5.15 Å². The topological polar surface area (TPSA) is 61.8 Å². The van der Waals surface area contributed by atoms with Crippen LogP contribution in [0.1, 0.15) is 18.1 Å². The molecule has 2 N–H and O–H groups in total. The summed E-state index contributed by atoms with van der Waals surface area (Å²) >= 11 is 5.84. The lowest BCUT2D eigenvalue weighted by Crippen LogP contribution is -2.38. The third kappa shape index (κ3) is 6.11. The third-order valence-electron chi connectivity index (χ3n) is 4.59. The molecule has 2 heterocycles. The van der Waals surface area contributed by atoms with Gasteiger partial charge >= 0.3 is 0 Å². The van der Waals surface area contributed by atoms with Crippen molar-refractivity contribution in [2.75, 3.05) is 44.3 Å². The summed E-state index contributed by atoms with van der Waals surface area (Å²) in [6.07, 6.45) is 2.67. The maximum atomic E-state index is 5.84. The second-order valence-electron chi connectivity index (χ2n) is 6.59. The lowest BCUT2D eigenvalue weighted by atomic mass is 10.1. The van der Waals surface area contributed by atoms with E-state index in [-0.39, 0.29) is 0 Å². The Bertz CT molecular complexity index is 760. The highest BCUT2D eigenvalue weighted by molar-refractivity contribution is 6.29. The van der Waals surface area contributed by atoms with Gasteiger partial charge < -0.3 is 20.3 Å². The standard InChI is InChI=1S/C21H28ClN5O/c1-2-23-21(24-10-9-17-7-8-20(22)25-15-17)26-16-18-5-3-4-6-19(18)27-11-13-28-14-12-27/h3-8,15H,2,9-14,16H2,1H3,(H2,23,24,26). The first-order valence-corrected chi connectivity index (χ1v) is 10.2. The maximum Gasteiger partial charge on any atom is 0.191 e. The van der Waals surface area contributed by atoms with E-state index < -0.39 is 0 Å². The maximum absolute atomic E-state index is 5.84. The van der Waals surface area contributed by atoms with Gasteiger partial charge in [0.15, 0.2) is 5.96 Å². The summed E-state index contributed by atoms with van der Waals surface area (Å²) in [6.45, 7) is 7.71. The Morgan fingerprint density at radius 2 is 2.00 bits per heavy atom. The Morgan fingerprint density at radius 3 is 2.75 bits per heavy atom. The first kappa shape index (κ1) is 20.4. The average Bonchev–Trinajstić information content (AvgIpc) is 2.74. The van der Waals surface area contributed by atoms with E-state index in [1.165, 1.54) is 11.3 Å². The highest BCUT2D eigenvalue weighted by Gasteiger charge is 2.14. The number of nitrogens with zero attached hydrogens (tertiary/aromatic N) is 3. The summed E-state index contributed by atoms with van der Waals surface area (Å²) in [5, 5.41) is 7.23. The first-order valence-electron chi connectivity index (χ1n) is 9.79. The van der Waals surface area contributed by atoms with Crippen LogP contribution in [-0.4, -0.2) is 50.3 Å². The number of ether oxygens (including phenoxy) is 1. The van der Waals surface area contributed by atoms with E-state index in [2.05, 4.69) is 51.7 Å². The molecule has 3 rings (SSSR count). The number of halogens is 1. The minimum atomic E-state index is 0.519. The van der Waals surface area contributed by atoms with Crippen LogP contribution >= 0.6 is 11.6 Å². The molecule has 7 heteroatoms. The summed E-state index contributed by atoms with van der Waals surface area (Å²) in [5.74, 6) is 0.821. The van der Waals surface area contributed by atoms with Gasteiger partial charge in [-0.15, -0.1) is 0 Å². The summed E-state index contributed by atoms with van der Waals surface area (Å²) in [5.41, 5.74) is 3.62. The van der Waals surface area contributed by atoms with Gasteiger partial charge in [0.05, 0.1) is 19.8 Å². The number of benzene rings is 1. The largest absolute Gasteiger partial charge is 0.378 e. The predicted molar refractivity (Wildman–Crippen MR) is 115 cm³/mol. The zero-order valence-electron chi connectivity index (χ0n) is 16.3. The van der Waals surface area contributed by atoms with Crippen molar-refractivity contribution < 1.29 is 4.74 Å². The smallest absolute Gasteiger partial charge is 0.191 e. The fourth-order valence-corrected chi connectivity index (χ4v) is 3.25. The molecule has 150 valence electrons. The van der Waals surface area contributed by atoms with Crippen LogP contribution in [0.2, 0.25) is 5.15 Å². The van der Waals surface area contributed by atoms with Crippen LogP contribution in [0.5, 0.6) is 0 Å². The van der Waals surface area contributed by atoms with E-state index in [0.29, 0.717) is 11.7 Å². The van der Waals surface area contributed by atoms with Crippen molar-refractivity contribution in [3.8, 4) is 0 Å². The SMILES string of the molecule is CCNC(=NCc1ccccc1N1CCOCC1)NCCc1ccc(Cl)nc1. The van der Waals surface area contributed by atoms with Crippen molar-refractivity contribution in [2.24, 2.45) is 4.99 Å². The molecule has 1 aromatic carbocycles. The van der Waals surface area contributed by atoms with Gasteiger partial charge in [0.25, 0.3) is 0 Å². The van der Waals surface area contributed by atoms with E-state index in [1.54, 1.807) is 0 Å². The molecule has 6 nitrogen and oxygen atoms in total. The number of rotatable bonds is 7. The number of hydrogen-bond donors (Lipinski definition) is 2. The molecular formula is C21H28ClN5O. The molecule has 28 heavy (non-hydrogen) atoms. The summed E-state index contributed by atoms with van der Waals surface area (Å²) in [6, 6.07) is 12.3. The predicted octanol–water partition coefficient (Wildman–Crippen LogP) is 2.87. The van der Waals surface area contributed by atoms with Crippen molar-refractivity contribution in [1.29, 1.82) is 0 Å². The Labute approximate surface area is 172 Å². The number of guanidine groups is 1. The molecular weight excluding hydrogens is 374 g/mol. The number of aliphatic imine (C=N–C) groups is 1. The first-order chi connectivity index (χ1) is 13.8. The van der Waals surface area contributed by atoms with Crippen LogP contribution in [0.3, 0.4) is 0 Å². The number of anilines is 1. The fourth-order valence-electron chi connectivity index (χ4n) is 3.14. The van der Waals surface area contributed by atoms with Crippen molar-refractivity contribution in [3.63, 3.8) is 0 Å².